The quantitative estimate of drug-likeness (QED) is 0.730. The van der Waals surface area contributed by atoms with Gasteiger partial charge in [-0.2, -0.15) is 0 Å². The molecule has 0 aromatic heterocycles. The molecule has 2 aromatic rings. The lowest BCUT2D eigenvalue weighted by molar-refractivity contribution is 0.0526. The number of fused-ring (bicyclic) bond motifs is 1. The van der Waals surface area contributed by atoms with Crippen LogP contribution in [0.15, 0.2) is 53.6 Å². The van der Waals surface area contributed by atoms with Gasteiger partial charge in [0.15, 0.2) is 0 Å². The van der Waals surface area contributed by atoms with E-state index in [2.05, 4.69) is 19.1 Å². The summed E-state index contributed by atoms with van der Waals surface area (Å²) < 4.78 is 16.1. The SMILES string of the molecule is CCOC(=O)c1ccc(C=C(C)C2=Cc3cc(OC)ccc3OC2)cc1. The molecule has 0 atom stereocenters. The average molecular weight is 350 g/mol. The first kappa shape index (κ1) is 17.8. The van der Waals surface area contributed by atoms with Crippen molar-refractivity contribution in [2.24, 2.45) is 0 Å². The van der Waals surface area contributed by atoms with Crippen molar-refractivity contribution in [2.75, 3.05) is 20.3 Å². The molecule has 1 aliphatic rings. The normalized spacial score (nSPS) is 13.3. The summed E-state index contributed by atoms with van der Waals surface area (Å²) in [7, 11) is 1.65. The fraction of sp³-hybridized carbons (Fsp3) is 0.227. The lowest BCUT2D eigenvalue weighted by Gasteiger charge is -2.19. The molecule has 4 heteroatoms. The Balaban J connectivity index is 1.81. The highest BCUT2D eigenvalue weighted by Crippen LogP contribution is 2.32. The first-order valence-electron chi connectivity index (χ1n) is 8.58. The number of carbonyl (C=O) groups is 1. The van der Waals surface area contributed by atoms with Crippen molar-refractivity contribution < 1.29 is 19.0 Å². The molecule has 0 fully saturated rings. The second kappa shape index (κ2) is 7.91. The third kappa shape index (κ3) is 3.97. The van der Waals surface area contributed by atoms with Gasteiger partial charge in [-0.25, -0.2) is 4.79 Å². The lowest BCUT2D eigenvalue weighted by Crippen LogP contribution is -2.08. The van der Waals surface area contributed by atoms with Crippen LogP contribution in [-0.2, 0) is 4.74 Å². The summed E-state index contributed by atoms with van der Waals surface area (Å²) in [5, 5.41) is 0. The zero-order chi connectivity index (χ0) is 18.5. The molecule has 134 valence electrons. The lowest BCUT2D eigenvalue weighted by atomic mass is 9.99. The molecule has 4 nitrogen and oxygen atoms in total. The molecule has 0 aliphatic carbocycles. The van der Waals surface area contributed by atoms with Crippen molar-refractivity contribution in [1.29, 1.82) is 0 Å². The van der Waals surface area contributed by atoms with Crippen LogP contribution in [-0.4, -0.2) is 26.3 Å². The second-order valence-corrected chi connectivity index (χ2v) is 6.03. The van der Waals surface area contributed by atoms with Crippen molar-refractivity contribution in [2.45, 2.75) is 13.8 Å². The van der Waals surface area contributed by atoms with Crippen molar-refractivity contribution >= 4 is 18.1 Å². The molecule has 0 saturated carbocycles. The van der Waals surface area contributed by atoms with E-state index in [0.29, 0.717) is 18.8 Å². The van der Waals surface area contributed by atoms with E-state index in [4.69, 9.17) is 14.2 Å². The average Bonchev–Trinajstić information content (AvgIpc) is 2.67. The van der Waals surface area contributed by atoms with E-state index in [1.807, 2.05) is 30.3 Å². The highest BCUT2D eigenvalue weighted by atomic mass is 16.5. The van der Waals surface area contributed by atoms with Crippen LogP contribution in [0, 0.1) is 0 Å². The van der Waals surface area contributed by atoms with Crippen molar-refractivity contribution in [3.8, 4) is 11.5 Å². The number of benzene rings is 2. The molecule has 0 spiro atoms. The first-order valence-corrected chi connectivity index (χ1v) is 8.58. The molecule has 1 aliphatic heterocycles. The van der Waals surface area contributed by atoms with E-state index in [0.717, 1.165) is 33.8 Å². The molecule has 26 heavy (non-hydrogen) atoms. The Morgan fingerprint density at radius 2 is 1.96 bits per heavy atom. The zero-order valence-corrected chi connectivity index (χ0v) is 15.2. The van der Waals surface area contributed by atoms with Gasteiger partial charge >= 0.3 is 5.97 Å². The molecule has 2 aromatic carbocycles. The number of hydrogen-bond donors (Lipinski definition) is 0. The van der Waals surface area contributed by atoms with Gasteiger partial charge in [-0.05, 0) is 67.0 Å². The Morgan fingerprint density at radius 3 is 2.65 bits per heavy atom. The summed E-state index contributed by atoms with van der Waals surface area (Å²) in [5.74, 6) is 1.37. The van der Waals surface area contributed by atoms with Gasteiger partial charge < -0.3 is 14.2 Å². The smallest absolute Gasteiger partial charge is 0.338 e. The molecule has 0 amide bonds. The summed E-state index contributed by atoms with van der Waals surface area (Å²) >= 11 is 0. The monoisotopic (exact) mass is 350 g/mol. The van der Waals surface area contributed by atoms with Crippen LogP contribution < -0.4 is 9.47 Å². The molecule has 0 N–H and O–H groups in total. The van der Waals surface area contributed by atoms with Crippen molar-refractivity contribution in [3.63, 3.8) is 0 Å². The first-order chi connectivity index (χ1) is 12.6. The number of methoxy groups -OCH3 is 1. The predicted octanol–water partition coefficient (Wildman–Crippen LogP) is 4.75. The Kier molecular flexibility index (Phi) is 5.42. The van der Waals surface area contributed by atoms with Crippen LogP contribution >= 0.6 is 0 Å². The maximum absolute atomic E-state index is 11.7. The summed E-state index contributed by atoms with van der Waals surface area (Å²) in [6, 6.07) is 13.2. The van der Waals surface area contributed by atoms with Gasteiger partial charge in [0.2, 0.25) is 0 Å². The molecular weight excluding hydrogens is 328 g/mol. The maximum atomic E-state index is 11.7. The van der Waals surface area contributed by atoms with Crippen LogP contribution in [0.2, 0.25) is 0 Å². The highest BCUT2D eigenvalue weighted by molar-refractivity contribution is 5.89. The van der Waals surface area contributed by atoms with Crippen molar-refractivity contribution in [3.05, 3.63) is 70.3 Å². The van der Waals surface area contributed by atoms with Crippen molar-refractivity contribution in [1.82, 2.24) is 0 Å². The third-order valence-corrected chi connectivity index (χ3v) is 4.24. The Labute approximate surface area is 153 Å². The Hall–Kier alpha value is -3.01. The van der Waals surface area contributed by atoms with Crippen LogP contribution in [0.25, 0.3) is 12.2 Å². The van der Waals surface area contributed by atoms with E-state index >= 15 is 0 Å². The number of esters is 1. The molecular formula is C22H22O4. The molecule has 0 radical (unpaired) electrons. The summed E-state index contributed by atoms with van der Waals surface area (Å²) in [5.41, 5.74) is 4.81. The molecule has 0 saturated heterocycles. The Bertz CT molecular complexity index is 860. The van der Waals surface area contributed by atoms with Gasteiger partial charge in [0.05, 0.1) is 19.3 Å². The molecule has 3 rings (SSSR count). The summed E-state index contributed by atoms with van der Waals surface area (Å²) in [6.45, 7) is 4.76. The standard InChI is InChI=1S/C22H22O4/c1-4-25-22(23)17-7-5-16(6-8-17)11-15(2)19-12-18-13-20(24-3)9-10-21(18)26-14-19/h5-13H,4,14H2,1-3H3. The van der Waals surface area contributed by atoms with E-state index in [-0.39, 0.29) is 5.97 Å². The second-order valence-electron chi connectivity index (χ2n) is 6.03. The van der Waals surface area contributed by atoms with Crippen LogP contribution in [0.4, 0.5) is 0 Å². The highest BCUT2D eigenvalue weighted by Gasteiger charge is 2.13. The molecule has 0 bridgehead atoms. The van der Waals surface area contributed by atoms with Gasteiger partial charge in [0.25, 0.3) is 0 Å². The van der Waals surface area contributed by atoms with Gasteiger partial charge in [0.1, 0.15) is 18.1 Å². The fourth-order valence-electron chi connectivity index (χ4n) is 2.78. The minimum absolute atomic E-state index is 0.298. The summed E-state index contributed by atoms with van der Waals surface area (Å²) in [4.78, 5) is 11.7. The summed E-state index contributed by atoms with van der Waals surface area (Å²) in [6.07, 6.45) is 4.20. The maximum Gasteiger partial charge on any atom is 0.338 e. The molecule has 1 heterocycles. The largest absolute Gasteiger partial charge is 0.497 e. The Morgan fingerprint density at radius 1 is 1.19 bits per heavy atom. The molecule has 0 unspecified atom stereocenters. The number of rotatable bonds is 5. The van der Waals surface area contributed by atoms with E-state index in [1.54, 1.807) is 26.2 Å². The van der Waals surface area contributed by atoms with E-state index < -0.39 is 0 Å². The zero-order valence-electron chi connectivity index (χ0n) is 15.2. The van der Waals surface area contributed by atoms with Gasteiger partial charge in [-0.1, -0.05) is 18.2 Å². The minimum atomic E-state index is -0.298. The van der Waals surface area contributed by atoms with Gasteiger partial charge in [0, 0.05) is 5.56 Å². The van der Waals surface area contributed by atoms with E-state index in [1.165, 1.54) is 0 Å². The predicted molar refractivity (Wildman–Crippen MR) is 103 cm³/mol. The fourth-order valence-corrected chi connectivity index (χ4v) is 2.78. The van der Waals surface area contributed by atoms with Crippen LogP contribution in [0.5, 0.6) is 11.5 Å². The minimum Gasteiger partial charge on any atom is -0.497 e. The number of ether oxygens (including phenoxy) is 3. The number of hydrogen-bond acceptors (Lipinski definition) is 4. The topological polar surface area (TPSA) is 44.8 Å². The third-order valence-electron chi connectivity index (χ3n) is 4.24. The van der Waals surface area contributed by atoms with Gasteiger partial charge in [-0.3, -0.25) is 0 Å². The van der Waals surface area contributed by atoms with Crippen LogP contribution in [0.3, 0.4) is 0 Å². The van der Waals surface area contributed by atoms with E-state index in [9.17, 15) is 4.79 Å². The van der Waals surface area contributed by atoms with Crippen LogP contribution in [0.1, 0.15) is 35.3 Å². The number of carbonyl (C=O) groups excluding carboxylic acids is 1. The van der Waals surface area contributed by atoms with Gasteiger partial charge in [-0.15, -0.1) is 0 Å².